The molecule has 1 aromatic heterocycles. The van der Waals surface area contributed by atoms with E-state index in [4.69, 9.17) is 0 Å². The van der Waals surface area contributed by atoms with Gasteiger partial charge in [-0.2, -0.15) is 5.10 Å². The second kappa shape index (κ2) is 3.84. The minimum Gasteiger partial charge on any atom is -0.370 e. The van der Waals surface area contributed by atoms with Crippen molar-refractivity contribution < 1.29 is 8.78 Å². The lowest BCUT2D eigenvalue weighted by Crippen LogP contribution is -2.25. The Morgan fingerprint density at radius 2 is 2.18 bits per heavy atom. The Hall–Kier alpha value is -1.91. The van der Waals surface area contributed by atoms with Gasteiger partial charge in [0.2, 0.25) is 0 Å². The SMILES string of the molecule is Fc1ccc(C2CCNc3ccnn32)c(F)c1. The zero-order valence-electron chi connectivity index (χ0n) is 9.03. The number of benzene rings is 1. The number of hydrogen-bond acceptors (Lipinski definition) is 2. The molecule has 0 bridgehead atoms. The van der Waals surface area contributed by atoms with Crippen LogP contribution in [0.5, 0.6) is 0 Å². The zero-order valence-corrected chi connectivity index (χ0v) is 9.03. The fraction of sp³-hybridized carbons (Fsp3) is 0.250. The summed E-state index contributed by atoms with van der Waals surface area (Å²) in [6.07, 6.45) is 2.40. The maximum absolute atomic E-state index is 13.7. The first kappa shape index (κ1) is 10.3. The van der Waals surface area contributed by atoms with E-state index in [0.29, 0.717) is 5.56 Å². The van der Waals surface area contributed by atoms with Crippen LogP contribution in [0.2, 0.25) is 0 Å². The number of halogens is 2. The Balaban J connectivity index is 2.06. The fourth-order valence-corrected chi connectivity index (χ4v) is 2.22. The third-order valence-corrected chi connectivity index (χ3v) is 3.01. The van der Waals surface area contributed by atoms with Gasteiger partial charge in [0.1, 0.15) is 17.5 Å². The van der Waals surface area contributed by atoms with E-state index in [1.165, 1.54) is 12.1 Å². The second-order valence-electron chi connectivity index (χ2n) is 4.06. The summed E-state index contributed by atoms with van der Waals surface area (Å²) in [5.74, 6) is -0.204. The number of hydrogen-bond donors (Lipinski definition) is 1. The van der Waals surface area contributed by atoms with Crippen molar-refractivity contribution in [3.8, 4) is 0 Å². The van der Waals surface area contributed by atoms with Gasteiger partial charge >= 0.3 is 0 Å². The minimum absolute atomic E-state index is 0.165. The molecule has 1 unspecified atom stereocenters. The Labute approximate surface area is 97.1 Å². The van der Waals surface area contributed by atoms with E-state index in [9.17, 15) is 8.78 Å². The Morgan fingerprint density at radius 3 is 3.00 bits per heavy atom. The quantitative estimate of drug-likeness (QED) is 0.823. The molecule has 1 atom stereocenters. The number of aromatic nitrogens is 2. The molecule has 1 aliphatic heterocycles. The van der Waals surface area contributed by atoms with Gasteiger partial charge in [0.05, 0.1) is 12.2 Å². The van der Waals surface area contributed by atoms with Crippen LogP contribution < -0.4 is 5.32 Å². The minimum atomic E-state index is -0.555. The van der Waals surface area contributed by atoms with E-state index in [-0.39, 0.29) is 6.04 Å². The third-order valence-electron chi connectivity index (χ3n) is 3.01. The summed E-state index contributed by atoms with van der Waals surface area (Å²) in [5, 5.41) is 7.35. The van der Waals surface area contributed by atoms with Crippen molar-refractivity contribution in [3.63, 3.8) is 0 Å². The Morgan fingerprint density at radius 1 is 1.29 bits per heavy atom. The number of anilines is 1. The largest absolute Gasteiger partial charge is 0.370 e. The van der Waals surface area contributed by atoms with Gasteiger partial charge in [-0.3, -0.25) is 0 Å². The predicted molar refractivity (Wildman–Crippen MR) is 59.8 cm³/mol. The highest BCUT2D eigenvalue weighted by atomic mass is 19.1. The van der Waals surface area contributed by atoms with Crippen molar-refractivity contribution in [1.29, 1.82) is 0 Å². The smallest absolute Gasteiger partial charge is 0.131 e. The molecule has 0 spiro atoms. The van der Waals surface area contributed by atoms with E-state index < -0.39 is 11.6 Å². The molecular weight excluding hydrogens is 224 g/mol. The highest BCUT2D eigenvalue weighted by Gasteiger charge is 2.24. The highest BCUT2D eigenvalue weighted by Crippen LogP contribution is 2.30. The zero-order chi connectivity index (χ0) is 11.8. The molecular formula is C12H11F2N3. The maximum Gasteiger partial charge on any atom is 0.131 e. The molecule has 88 valence electrons. The van der Waals surface area contributed by atoms with Crippen molar-refractivity contribution >= 4 is 5.82 Å². The van der Waals surface area contributed by atoms with Crippen LogP contribution in [0.4, 0.5) is 14.6 Å². The van der Waals surface area contributed by atoms with Crippen molar-refractivity contribution in [2.45, 2.75) is 12.5 Å². The van der Waals surface area contributed by atoms with Crippen LogP contribution in [-0.2, 0) is 0 Å². The van der Waals surface area contributed by atoms with Gasteiger partial charge in [0.15, 0.2) is 0 Å². The van der Waals surface area contributed by atoms with Crippen LogP contribution in [0, 0.1) is 11.6 Å². The van der Waals surface area contributed by atoms with Gasteiger partial charge in [-0.25, -0.2) is 13.5 Å². The van der Waals surface area contributed by atoms with Crippen LogP contribution in [0.1, 0.15) is 18.0 Å². The number of fused-ring (bicyclic) bond motifs is 1. The molecule has 0 aliphatic carbocycles. The molecule has 1 N–H and O–H groups in total. The lowest BCUT2D eigenvalue weighted by Gasteiger charge is -2.26. The van der Waals surface area contributed by atoms with Crippen LogP contribution in [0.3, 0.4) is 0 Å². The summed E-state index contributed by atoms with van der Waals surface area (Å²) < 4.78 is 28.3. The summed E-state index contributed by atoms with van der Waals surface area (Å²) in [5.41, 5.74) is 0.484. The summed E-state index contributed by atoms with van der Waals surface area (Å²) in [6.45, 7) is 0.757. The van der Waals surface area contributed by atoms with E-state index in [2.05, 4.69) is 10.4 Å². The lowest BCUT2D eigenvalue weighted by molar-refractivity contribution is 0.455. The molecule has 2 aromatic rings. The molecule has 0 saturated carbocycles. The third kappa shape index (κ3) is 1.67. The van der Waals surface area contributed by atoms with Gasteiger partial charge in [0.25, 0.3) is 0 Å². The van der Waals surface area contributed by atoms with E-state index in [0.717, 1.165) is 24.8 Å². The van der Waals surface area contributed by atoms with Gasteiger partial charge in [-0.1, -0.05) is 6.07 Å². The summed E-state index contributed by atoms with van der Waals surface area (Å²) in [6, 6.07) is 5.37. The van der Waals surface area contributed by atoms with E-state index >= 15 is 0 Å². The molecule has 3 nitrogen and oxygen atoms in total. The van der Waals surface area contributed by atoms with Gasteiger partial charge in [0, 0.05) is 24.2 Å². The molecule has 0 fully saturated rings. The Bertz CT molecular complexity index is 550. The Kier molecular flexibility index (Phi) is 2.31. The summed E-state index contributed by atoms with van der Waals surface area (Å²) in [7, 11) is 0. The van der Waals surface area contributed by atoms with Crippen molar-refractivity contribution in [2.24, 2.45) is 0 Å². The predicted octanol–water partition coefficient (Wildman–Crippen LogP) is 2.57. The van der Waals surface area contributed by atoms with Crippen molar-refractivity contribution in [3.05, 3.63) is 47.7 Å². The van der Waals surface area contributed by atoms with Crippen LogP contribution >= 0.6 is 0 Å². The molecule has 2 heterocycles. The monoisotopic (exact) mass is 235 g/mol. The fourth-order valence-electron chi connectivity index (χ4n) is 2.22. The highest BCUT2D eigenvalue weighted by molar-refractivity contribution is 5.39. The standard InChI is InChI=1S/C12H11F2N3/c13-8-1-2-9(10(14)7-8)11-3-5-15-12-4-6-16-17(11)12/h1-2,4,6-7,11,15H,3,5H2. The number of rotatable bonds is 1. The molecule has 0 saturated heterocycles. The van der Waals surface area contributed by atoms with Crippen molar-refractivity contribution in [2.75, 3.05) is 11.9 Å². The van der Waals surface area contributed by atoms with Gasteiger partial charge in [-0.05, 0) is 12.5 Å². The number of nitrogens with zero attached hydrogens (tertiary/aromatic N) is 2. The molecule has 0 radical (unpaired) electrons. The molecule has 5 heteroatoms. The first-order chi connectivity index (χ1) is 8.25. The van der Waals surface area contributed by atoms with Crippen LogP contribution in [0.25, 0.3) is 0 Å². The summed E-state index contributed by atoms with van der Waals surface area (Å²) in [4.78, 5) is 0. The van der Waals surface area contributed by atoms with Crippen LogP contribution in [-0.4, -0.2) is 16.3 Å². The first-order valence-corrected chi connectivity index (χ1v) is 5.48. The molecule has 17 heavy (non-hydrogen) atoms. The lowest BCUT2D eigenvalue weighted by atomic mass is 10.0. The molecule has 1 aromatic carbocycles. The topological polar surface area (TPSA) is 29.9 Å². The van der Waals surface area contributed by atoms with E-state index in [1.807, 2.05) is 6.07 Å². The van der Waals surface area contributed by atoms with E-state index in [1.54, 1.807) is 10.9 Å². The maximum atomic E-state index is 13.7. The summed E-state index contributed by atoms with van der Waals surface area (Å²) >= 11 is 0. The average molecular weight is 235 g/mol. The van der Waals surface area contributed by atoms with Crippen LogP contribution in [0.15, 0.2) is 30.5 Å². The normalized spacial score (nSPS) is 18.6. The molecule has 3 rings (SSSR count). The molecule has 0 amide bonds. The average Bonchev–Trinajstić information content (AvgIpc) is 2.77. The van der Waals surface area contributed by atoms with Gasteiger partial charge in [-0.15, -0.1) is 0 Å². The number of nitrogens with one attached hydrogen (secondary N) is 1. The molecule has 1 aliphatic rings. The second-order valence-corrected chi connectivity index (χ2v) is 4.06. The van der Waals surface area contributed by atoms with Gasteiger partial charge < -0.3 is 5.32 Å². The first-order valence-electron chi connectivity index (χ1n) is 5.48. The van der Waals surface area contributed by atoms with Crippen molar-refractivity contribution in [1.82, 2.24) is 9.78 Å².